The number of benzene rings is 1. The summed E-state index contributed by atoms with van der Waals surface area (Å²) in [5.74, 6) is 0.935. The third-order valence-electron chi connectivity index (χ3n) is 3.18. The third kappa shape index (κ3) is 2.85. The Kier molecular flexibility index (Phi) is 3.93. The molecule has 1 heterocycles. The van der Waals surface area contributed by atoms with Crippen molar-refractivity contribution < 1.29 is 9.47 Å². The summed E-state index contributed by atoms with van der Waals surface area (Å²) >= 11 is 0. The molecule has 0 aromatic heterocycles. The molecule has 1 aliphatic heterocycles. The molecule has 18 heavy (non-hydrogen) atoms. The van der Waals surface area contributed by atoms with E-state index < -0.39 is 0 Å². The molecule has 3 nitrogen and oxygen atoms in total. The van der Waals surface area contributed by atoms with Crippen LogP contribution in [-0.2, 0) is 10.2 Å². The van der Waals surface area contributed by atoms with E-state index >= 15 is 0 Å². The first-order valence-electron chi connectivity index (χ1n) is 6.64. The molecule has 0 radical (unpaired) electrons. The van der Waals surface area contributed by atoms with Gasteiger partial charge in [0.05, 0.1) is 13.2 Å². The van der Waals surface area contributed by atoms with Crippen molar-refractivity contribution in [2.24, 2.45) is 0 Å². The lowest BCUT2D eigenvalue weighted by Crippen LogP contribution is -2.17. The quantitative estimate of drug-likeness (QED) is 0.893. The van der Waals surface area contributed by atoms with Gasteiger partial charge in [-0.25, -0.2) is 0 Å². The lowest BCUT2D eigenvalue weighted by Gasteiger charge is -2.22. The maximum absolute atomic E-state index is 5.77. The average molecular weight is 249 g/mol. The minimum Gasteiger partial charge on any atom is -0.493 e. The van der Waals surface area contributed by atoms with Crippen LogP contribution in [0.25, 0.3) is 0 Å². The third-order valence-corrected chi connectivity index (χ3v) is 3.18. The number of nitrogens with one attached hydrogen (secondary N) is 1. The zero-order chi connectivity index (χ0) is 13.2. The minimum absolute atomic E-state index is 0.0273. The summed E-state index contributed by atoms with van der Waals surface area (Å²) in [7, 11) is 0. The van der Waals surface area contributed by atoms with E-state index in [1.807, 2.05) is 6.92 Å². The first-order valence-corrected chi connectivity index (χ1v) is 6.64. The fourth-order valence-electron chi connectivity index (χ4n) is 2.12. The molecule has 1 fully saturated rings. The van der Waals surface area contributed by atoms with Gasteiger partial charge in [-0.1, -0.05) is 32.9 Å². The molecule has 1 aliphatic rings. The predicted molar refractivity (Wildman–Crippen MR) is 73.0 cm³/mol. The molecular formula is C15H23NO2. The Morgan fingerprint density at radius 3 is 2.72 bits per heavy atom. The van der Waals surface area contributed by atoms with Gasteiger partial charge in [0.1, 0.15) is 12.0 Å². The normalized spacial score (nSPS) is 20.1. The topological polar surface area (TPSA) is 30.5 Å². The highest BCUT2D eigenvalue weighted by Crippen LogP contribution is 2.33. The largest absolute Gasteiger partial charge is 0.493 e. The SMILES string of the molecule is CCOc1cc(C(C)(C)C)ccc1C1NCCO1. The Bertz CT molecular complexity index is 403. The van der Waals surface area contributed by atoms with Crippen LogP contribution < -0.4 is 10.1 Å². The van der Waals surface area contributed by atoms with Crippen LogP contribution in [-0.4, -0.2) is 19.8 Å². The lowest BCUT2D eigenvalue weighted by atomic mass is 9.86. The van der Waals surface area contributed by atoms with Crippen LogP contribution in [0.15, 0.2) is 18.2 Å². The molecule has 0 bridgehead atoms. The van der Waals surface area contributed by atoms with E-state index in [4.69, 9.17) is 9.47 Å². The van der Waals surface area contributed by atoms with Gasteiger partial charge >= 0.3 is 0 Å². The standard InChI is InChI=1S/C15H23NO2/c1-5-17-13-10-11(15(2,3)4)6-7-12(13)14-16-8-9-18-14/h6-7,10,14,16H,5,8-9H2,1-4H3. The van der Waals surface area contributed by atoms with Gasteiger partial charge < -0.3 is 9.47 Å². The molecule has 0 amide bonds. The monoisotopic (exact) mass is 249 g/mol. The molecular weight excluding hydrogens is 226 g/mol. The first-order chi connectivity index (χ1) is 8.52. The number of ether oxygens (including phenoxy) is 2. The molecule has 1 aromatic rings. The second-order valence-electron chi connectivity index (χ2n) is 5.64. The van der Waals surface area contributed by atoms with Crippen LogP contribution in [0.4, 0.5) is 0 Å². The van der Waals surface area contributed by atoms with Crippen LogP contribution in [0.1, 0.15) is 45.0 Å². The Labute approximate surface area is 109 Å². The molecule has 0 saturated carbocycles. The molecule has 1 atom stereocenters. The number of rotatable bonds is 3. The highest BCUT2D eigenvalue weighted by Gasteiger charge is 2.23. The Morgan fingerprint density at radius 1 is 1.39 bits per heavy atom. The lowest BCUT2D eigenvalue weighted by molar-refractivity contribution is 0.0989. The maximum atomic E-state index is 5.77. The van der Waals surface area contributed by atoms with Gasteiger partial charge in [-0.3, -0.25) is 5.32 Å². The minimum atomic E-state index is -0.0273. The van der Waals surface area contributed by atoms with E-state index in [0.29, 0.717) is 6.61 Å². The Morgan fingerprint density at radius 2 is 2.17 bits per heavy atom. The second-order valence-corrected chi connectivity index (χ2v) is 5.64. The molecule has 1 aromatic carbocycles. The van der Waals surface area contributed by atoms with Gasteiger partial charge in [0.15, 0.2) is 0 Å². The van der Waals surface area contributed by atoms with Crippen molar-refractivity contribution in [2.45, 2.75) is 39.3 Å². The molecule has 100 valence electrons. The van der Waals surface area contributed by atoms with Crippen molar-refractivity contribution in [1.29, 1.82) is 0 Å². The predicted octanol–water partition coefficient (Wildman–Crippen LogP) is 3.00. The van der Waals surface area contributed by atoms with E-state index in [2.05, 4.69) is 44.3 Å². The summed E-state index contributed by atoms with van der Waals surface area (Å²) in [6.45, 7) is 11.0. The van der Waals surface area contributed by atoms with Crippen molar-refractivity contribution in [3.8, 4) is 5.75 Å². The van der Waals surface area contributed by atoms with Crippen molar-refractivity contribution >= 4 is 0 Å². The zero-order valence-electron chi connectivity index (χ0n) is 11.7. The van der Waals surface area contributed by atoms with Gasteiger partial charge in [0, 0.05) is 12.1 Å². The molecule has 2 rings (SSSR count). The zero-order valence-corrected chi connectivity index (χ0v) is 11.7. The van der Waals surface area contributed by atoms with Gasteiger partial charge in [-0.2, -0.15) is 0 Å². The van der Waals surface area contributed by atoms with Crippen molar-refractivity contribution in [2.75, 3.05) is 19.8 Å². The van der Waals surface area contributed by atoms with Crippen molar-refractivity contribution in [3.63, 3.8) is 0 Å². The smallest absolute Gasteiger partial charge is 0.138 e. The highest BCUT2D eigenvalue weighted by molar-refractivity contribution is 5.41. The summed E-state index contributed by atoms with van der Waals surface area (Å²) in [6.07, 6.45) is -0.0273. The number of hydrogen-bond donors (Lipinski definition) is 1. The van der Waals surface area contributed by atoms with Crippen molar-refractivity contribution in [1.82, 2.24) is 5.32 Å². The fraction of sp³-hybridized carbons (Fsp3) is 0.600. The molecule has 1 N–H and O–H groups in total. The summed E-state index contributed by atoms with van der Waals surface area (Å²) in [4.78, 5) is 0. The Hall–Kier alpha value is -1.06. The summed E-state index contributed by atoms with van der Waals surface area (Å²) in [5, 5.41) is 3.33. The fourth-order valence-corrected chi connectivity index (χ4v) is 2.12. The van der Waals surface area contributed by atoms with E-state index in [9.17, 15) is 0 Å². The van der Waals surface area contributed by atoms with E-state index in [-0.39, 0.29) is 11.6 Å². The molecule has 1 unspecified atom stereocenters. The molecule has 1 saturated heterocycles. The van der Waals surface area contributed by atoms with Gasteiger partial charge in [-0.05, 0) is 24.0 Å². The van der Waals surface area contributed by atoms with Crippen LogP contribution in [0.5, 0.6) is 5.75 Å². The highest BCUT2D eigenvalue weighted by atomic mass is 16.5. The summed E-state index contributed by atoms with van der Waals surface area (Å²) in [5.41, 5.74) is 2.52. The van der Waals surface area contributed by atoms with Crippen LogP contribution in [0.3, 0.4) is 0 Å². The number of hydrogen-bond acceptors (Lipinski definition) is 3. The first kappa shape index (κ1) is 13.4. The van der Waals surface area contributed by atoms with Gasteiger partial charge in [0.25, 0.3) is 0 Å². The van der Waals surface area contributed by atoms with Crippen LogP contribution in [0, 0.1) is 0 Å². The van der Waals surface area contributed by atoms with E-state index in [0.717, 1.165) is 24.5 Å². The molecule has 0 spiro atoms. The van der Waals surface area contributed by atoms with Gasteiger partial charge in [0.2, 0.25) is 0 Å². The van der Waals surface area contributed by atoms with E-state index in [1.54, 1.807) is 0 Å². The molecule has 0 aliphatic carbocycles. The van der Waals surface area contributed by atoms with Crippen LogP contribution >= 0.6 is 0 Å². The average Bonchev–Trinajstić information content (AvgIpc) is 2.81. The van der Waals surface area contributed by atoms with Gasteiger partial charge in [-0.15, -0.1) is 0 Å². The second kappa shape index (κ2) is 5.29. The van der Waals surface area contributed by atoms with Crippen molar-refractivity contribution in [3.05, 3.63) is 29.3 Å². The molecule has 3 heteroatoms. The Balaban J connectivity index is 2.34. The van der Waals surface area contributed by atoms with Crippen LogP contribution in [0.2, 0.25) is 0 Å². The summed E-state index contributed by atoms with van der Waals surface area (Å²) in [6, 6.07) is 6.43. The van der Waals surface area contributed by atoms with E-state index in [1.165, 1.54) is 5.56 Å². The summed E-state index contributed by atoms with van der Waals surface area (Å²) < 4.78 is 11.4. The maximum Gasteiger partial charge on any atom is 0.138 e.